The summed E-state index contributed by atoms with van der Waals surface area (Å²) in [4.78, 5) is 34.8. The monoisotopic (exact) mass is 398 g/mol. The second-order valence-corrected chi connectivity index (χ2v) is 7.95. The number of benzene rings is 1. The Morgan fingerprint density at radius 1 is 0.862 bits per heavy atom. The van der Waals surface area contributed by atoms with E-state index < -0.39 is 0 Å². The highest BCUT2D eigenvalue weighted by Gasteiger charge is 2.41. The van der Waals surface area contributed by atoms with E-state index >= 15 is 0 Å². The zero-order chi connectivity index (χ0) is 20.2. The van der Waals surface area contributed by atoms with E-state index in [9.17, 15) is 9.59 Å². The normalized spacial score (nSPS) is 22.1. The Morgan fingerprint density at radius 3 is 2.24 bits per heavy atom. The van der Waals surface area contributed by atoms with Crippen LogP contribution in [0.5, 0.6) is 0 Å². The fourth-order valence-corrected chi connectivity index (χ4v) is 4.23. The molecule has 0 bridgehead atoms. The Hall–Kier alpha value is -2.22. The number of ether oxygens (including phenoxy) is 1. The third kappa shape index (κ3) is 4.37. The molecule has 0 spiro atoms. The molecule has 3 aliphatic rings. The molecular formula is C22H30N4O3. The van der Waals surface area contributed by atoms with Crippen LogP contribution in [-0.2, 0) is 14.3 Å². The van der Waals surface area contributed by atoms with Crippen molar-refractivity contribution in [2.75, 3.05) is 72.6 Å². The van der Waals surface area contributed by atoms with Crippen molar-refractivity contribution in [1.82, 2.24) is 19.6 Å². The molecule has 0 N–H and O–H groups in total. The molecule has 7 nitrogen and oxygen atoms in total. The molecule has 156 valence electrons. The van der Waals surface area contributed by atoms with E-state index in [2.05, 4.69) is 21.7 Å². The van der Waals surface area contributed by atoms with Gasteiger partial charge in [-0.15, -0.1) is 0 Å². The molecule has 29 heavy (non-hydrogen) atoms. The first-order valence-corrected chi connectivity index (χ1v) is 10.5. The number of amides is 2. The maximum absolute atomic E-state index is 13.3. The summed E-state index contributed by atoms with van der Waals surface area (Å²) < 4.78 is 5.39. The van der Waals surface area contributed by atoms with Gasteiger partial charge in [0.1, 0.15) is 5.70 Å². The number of likely N-dealkylation sites (N-methyl/N-ethyl adjacent to an activating group) is 1. The molecule has 0 unspecified atom stereocenters. The third-order valence-corrected chi connectivity index (χ3v) is 5.99. The molecular weight excluding hydrogens is 368 g/mol. The molecule has 3 aliphatic heterocycles. The zero-order valence-electron chi connectivity index (χ0n) is 17.2. The number of piperazine rings is 1. The second-order valence-electron chi connectivity index (χ2n) is 7.95. The molecule has 0 aromatic heterocycles. The number of rotatable bonds is 6. The van der Waals surface area contributed by atoms with Gasteiger partial charge in [-0.25, -0.2) is 0 Å². The molecule has 1 aromatic rings. The maximum atomic E-state index is 13.3. The molecule has 2 fully saturated rings. The first-order chi connectivity index (χ1) is 14.1. The summed E-state index contributed by atoms with van der Waals surface area (Å²) in [5, 5.41) is 0. The quantitative estimate of drug-likeness (QED) is 0.659. The number of hydrogen-bond acceptors (Lipinski definition) is 6. The van der Waals surface area contributed by atoms with E-state index in [-0.39, 0.29) is 11.8 Å². The molecule has 2 saturated heterocycles. The minimum Gasteiger partial charge on any atom is -0.379 e. The Morgan fingerprint density at radius 2 is 1.55 bits per heavy atom. The minimum absolute atomic E-state index is 0.139. The summed E-state index contributed by atoms with van der Waals surface area (Å²) in [6.45, 7) is 8.01. The van der Waals surface area contributed by atoms with Gasteiger partial charge in [-0.05, 0) is 19.0 Å². The van der Waals surface area contributed by atoms with Crippen molar-refractivity contribution < 1.29 is 14.3 Å². The second kappa shape index (κ2) is 9.07. The van der Waals surface area contributed by atoms with Crippen molar-refractivity contribution in [2.45, 2.75) is 6.42 Å². The van der Waals surface area contributed by atoms with Crippen LogP contribution in [0.3, 0.4) is 0 Å². The lowest BCUT2D eigenvalue weighted by Gasteiger charge is -2.34. The number of hydrogen-bond donors (Lipinski definition) is 0. The molecule has 7 heteroatoms. The van der Waals surface area contributed by atoms with Crippen LogP contribution in [0.4, 0.5) is 0 Å². The van der Waals surface area contributed by atoms with Gasteiger partial charge in [-0.3, -0.25) is 19.4 Å². The Kier molecular flexibility index (Phi) is 6.28. The first-order valence-electron chi connectivity index (χ1n) is 10.5. The van der Waals surface area contributed by atoms with E-state index in [0.29, 0.717) is 17.8 Å². The van der Waals surface area contributed by atoms with Gasteiger partial charge in [0.05, 0.1) is 18.8 Å². The van der Waals surface area contributed by atoms with Crippen molar-refractivity contribution in [3.63, 3.8) is 0 Å². The number of carbonyl (C=O) groups excluding carboxylic acids is 2. The number of carbonyl (C=O) groups is 2. The van der Waals surface area contributed by atoms with Crippen LogP contribution in [-0.4, -0.2) is 104 Å². The first kappa shape index (κ1) is 20.1. The molecule has 0 atom stereocenters. The Balaban J connectivity index is 1.51. The smallest absolute Gasteiger partial charge is 0.277 e. The van der Waals surface area contributed by atoms with E-state index in [4.69, 9.17) is 4.74 Å². The fraction of sp³-hybridized carbons (Fsp3) is 0.545. The van der Waals surface area contributed by atoms with Crippen molar-refractivity contribution in [3.8, 4) is 0 Å². The van der Waals surface area contributed by atoms with Gasteiger partial charge in [-0.1, -0.05) is 30.3 Å². The van der Waals surface area contributed by atoms with Gasteiger partial charge in [0.15, 0.2) is 0 Å². The van der Waals surface area contributed by atoms with Crippen LogP contribution in [0.2, 0.25) is 0 Å². The summed E-state index contributed by atoms with van der Waals surface area (Å²) in [6.07, 6.45) is 0.787. The molecule has 3 heterocycles. The third-order valence-electron chi connectivity index (χ3n) is 5.99. The lowest BCUT2D eigenvalue weighted by molar-refractivity contribution is -0.137. The number of nitrogens with zero attached hydrogens (tertiary/aromatic N) is 4. The summed E-state index contributed by atoms with van der Waals surface area (Å²) in [5.41, 5.74) is 1.97. The highest BCUT2D eigenvalue weighted by molar-refractivity contribution is 6.35. The maximum Gasteiger partial charge on any atom is 0.277 e. The molecule has 0 radical (unpaired) electrons. The predicted octanol–water partition coefficient (Wildman–Crippen LogP) is 0.736. The average Bonchev–Trinajstić information content (AvgIpc) is 3.00. The van der Waals surface area contributed by atoms with E-state index in [0.717, 1.165) is 71.0 Å². The van der Waals surface area contributed by atoms with Gasteiger partial charge in [0, 0.05) is 52.4 Å². The van der Waals surface area contributed by atoms with Gasteiger partial charge in [0.2, 0.25) is 0 Å². The highest BCUT2D eigenvalue weighted by Crippen LogP contribution is 2.32. The molecule has 2 amide bonds. The fourth-order valence-electron chi connectivity index (χ4n) is 4.23. The lowest BCUT2D eigenvalue weighted by Crippen LogP contribution is -2.46. The molecule has 1 aromatic carbocycles. The van der Waals surface area contributed by atoms with Crippen molar-refractivity contribution in [2.24, 2.45) is 0 Å². The minimum atomic E-state index is -0.155. The van der Waals surface area contributed by atoms with E-state index in [1.165, 1.54) is 4.90 Å². The zero-order valence-corrected chi connectivity index (χ0v) is 17.2. The van der Waals surface area contributed by atoms with Crippen molar-refractivity contribution >= 4 is 17.4 Å². The highest BCUT2D eigenvalue weighted by atomic mass is 16.5. The van der Waals surface area contributed by atoms with Crippen LogP contribution in [0.25, 0.3) is 5.57 Å². The topological polar surface area (TPSA) is 56.3 Å². The molecule has 0 aliphatic carbocycles. The van der Waals surface area contributed by atoms with Gasteiger partial charge in [0.25, 0.3) is 11.8 Å². The summed E-state index contributed by atoms with van der Waals surface area (Å²) in [5.74, 6) is -0.294. The summed E-state index contributed by atoms with van der Waals surface area (Å²) in [7, 11) is 2.09. The standard InChI is InChI=1S/C22H30N4O3/c1-23-10-12-25(13-11-23)20-19(18-6-3-2-4-7-18)21(27)26(22(20)28)9-5-8-24-14-16-29-17-15-24/h2-4,6-7H,5,8-17H2,1H3. The summed E-state index contributed by atoms with van der Waals surface area (Å²) >= 11 is 0. The van der Waals surface area contributed by atoms with E-state index in [1.807, 2.05) is 30.3 Å². The number of morpholine rings is 1. The van der Waals surface area contributed by atoms with Crippen LogP contribution in [0, 0.1) is 0 Å². The van der Waals surface area contributed by atoms with Crippen LogP contribution < -0.4 is 0 Å². The molecule has 4 rings (SSSR count). The van der Waals surface area contributed by atoms with Crippen LogP contribution in [0.1, 0.15) is 12.0 Å². The van der Waals surface area contributed by atoms with Gasteiger partial charge < -0.3 is 14.5 Å². The average molecular weight is 399 g/mol. The molecule has 0 saturated carbocycles. The van der Waals surface area contributed by atoms with Gasteiger partial charge >= 0.3 is 0 Å². The van der Waals surface area contributed by atoms with E-state index in [1.54, 1.807) is 0 Å². The SMILES string of the molecule is CN1CCN(C2=C(c3ccccc3)C(=O)N(CCCN3CCOCC3)C2=O)CC1. The summed E-state index contributed by atoms with van der Waals surface area (Å²) in [6, 6.07) is 9.62. The van der Waals surface area contributed by atoms with Crippen LogP contribution >= 0.6 is 0 Å². The largest absolute Gasteiger partial charge is 0.379 e. The lowest BCUT2D eigenvalue weighted by atomic mass is 10.0. The Bertz CT molecular complexity index is 766. The van der Waals surface area contributed by atoms with Crippen molar-refractivity contribution in [1.29, 1.82) is 0 Å². The predicted molar refractivity (Wildman–Crippen MR) is 111 cm³/mol. The Labute approximate surface area is 172 Å². The van der Waals surface area contributed by atoms with Crippen LogP contribution in [0.15, 0.2) is 36.0 Å². The van der Waals surface area contributed by atoms with Crippen molar-refractivity contribution in [3.05, 3.63) is 41.6 Å². The van der Waals surface area contributed by atoms with Gasteiger partial charge in [-0.2, -0.15) is 0 Å². The number of imide groups is 1.